The topological polar surface area (TPSA) is 29.1 Å². The van der Waals surface area contributed by atoms with Gasteiger partial charge in [-0.2, -0.15) is 13.2 Å². The quantitative estimate of drug-likeness (QED) is 0.802. The fourth-order valence-corrected chi connectivity index (χ4v) is 2.30. The molecule has 0 aromatic heterocycles. The molecule has 2 aromatic rings. The maximum atomic E-state index is 13.2. The van der Waals surface area contributed by atoms with Crippen LogP contribution in [-0.4, -0.2) is 12.1 Å². The first-order valence-corrected chi connectivity index (χ1v) is 6.99. The van der Waals surface area contributed by atoms with Crippen LogP contribution in [0.15, 0.2) is 54.6 Å². The minimum absolute atomic E-state index is 0.0458. The van der Waals surface area contributed by atoms with Crippen molar-refractivity contribution in [1.29, 1.82) is 0 Å². The standard InChI is InChI=1S/C18H16F3NO/c1-12-8-13(2)10-15(9-12)22-17(23)11-16(18(19,20)21)14-6-4-3-5-7-14/h3-11H,1-2H3,(H,22,23)/b16-11-. The number of carbonyl (C=O) groups is 1. The molecule has 0 unspecified atom stereocenters. The van der Waals surface area contributed by atoms with Crippen molar-refractivity contribution in [3.8, 4) is 0 Å². The lowest BCUT2D eigenvalue weighted by Crippen LogP contribution is -2.16. The molecule has 0 aliphatic rings. The summed E-state index contributed by atoms with van der Waals surface area (Å²) < 4.78 is 39.6. The summed E-state index contributed by atoms with van der Waals surface area (Å²) in [7, 11) is 0. The van der Waals surface area contributed by atoms with Crippen molar-refractivity contribution < 1.29 is 18.0 Å². The first-order chi connectivity index (χ1) is 10.8. The fourth-order valence-electron chi connectivity index (χ4n) is 2.30. The molecule has 0 spiro atoms. The Labute approximate surface area is 132 Å². The van der Waals surface area contributed by atoms with Crippen molar-refractivity contribution in [3.63, 3.8) is 0 Å². The number of amides is 1. The van der Waals surface area contributed by atoms with Crippen LogP contribution >= 0.6 is 0 Å². The van der Waals surface area contributed by atoms with Gasteiger partial charge < -0.3 is 5.32 Å². The highest BCUT2D eigenvalue weighted by molar-refractivity contribution is 6.04. The third-order valence-electron chi connectivity index (χ3n) is 3.15. The van der Waals surface area contributed by atoms with E-state index >= 15 is 0 Å². The van der Waals surface area contributed by atoms with Gasteiger partial charge in [-0.1, -0.05) is 36.4 Å². The Hall–Kier alpha value is -2.56. The highest BCUT2D eigenvalue weighted by atomic mass is 19.4. The summed E-state index contributed by atoms with van der Waals surface area (Å²) in [5, 5.41) is 2.48. The van der Waals surface area contributed by atoms with Crippen molar-refractivity contribution in [2.75, 3.05) is 5.32 Å². The number of allylic oxidation sites excluding steroid dienone is 1. The van der Waals surface area contributed by atoms with E-state index in [2.05, 4.69) is 5.32 Å². The van der Waals surface area contributed by atoms with Crippen LogP contribution in [-0.2, 0) is 4.79 Å². The highest BCUT2D eigenvalue weighted by Crippen LogP contribution is 2.33. The van der Waals surface area contributed by atoms with Crippen LogP contribution < -0.4 is 5.32 Å². The van der Waals surface area contributed by atoms with E-state index in [9.17, 15) is 18.0 Å². The number of halogens is 3. The van der Waals surface area contributed by atoms with Crippen molar-refractivity contribution in [1.82, 2.24) is 0 Å². The van der Waals surface area contributed by atoms with Crippen molar-refractivity contribution in [2.45, 2.75) is 20.0 Å². The molecule has 2 nitrogen and oxygen atoms in total. The predicted molar refractivity (Wildman–Crippen MR) is 85.0 cm³/mol. The molecule has 0 fully saturated rings. The second kappa shape index (κ2) is 6.69. The van der Waals surface area contributed by atoms with E-state index in [0.717, 1.165) is 11.1 Å². The average molecular weight is 319 g/mol. The second-order valence-corrected chi connectivity index (χ2v) is 5.29. The van der Waals surface area contributed by atoms with Gasteiger partial charge in [-0.05, 0) is 42.7 Å². The largest absolute Gasteiger partial charge is 0.417 e. The SMILES string of the molecule is Cc1cc(C)cc(NC(=O)/C=C(/c2ccccc2)C(F)(F)F)c1. The molecule has 0 atom stereocenters. The van der Waals surface area contributed by atoms with Gasteiger partial charge in [-0.3, -0.25) is 4.79 Å². The number of rotatable bonds is 3. The van der Waals surface area contributed by atoms with Crippen LogP contribution in [0.1, 0.15) is 16.7 Å². The van der Waals surface area contributed by atoms with Crippen LogP contribution in [0.4, 0.5) is 18.9 Å². The number of nitrogens with one attached hydrogen (secondary N) is 1. The van der Waals surface area contributed by atoms with Crippen molar-refractivity contribution in [2.24, 2.45) is 0 Å². The van der Waals surface area contributed by atoms with Crippen LogP contribution in [0, 0.1) is 13.8 Å². The molecule has 0 aliphatic carbocycles. The number of hydrogen-bond donors (Lipinski definition) is 1. The van der Waals surface area contributed by atoms with Gasteiger partial charge in [0, 0.05) is 11.8 Å². The Morgan fingerprint density at radius 1 is 1.00 bits per heavy atom. The third-order valence-corrected chi connectivity index (χ3v) is 3.15. The molecule has 120 valence electrons. The Bertz CT molecular complexity index is 713. The molecule has 2 rings (SSSR count). The molecule has 23 heavy (non-hydrogen) atoms. The summed E-state index contributed by atoms with van der Waals surface area (Å²) in [6, 6.07) is 12.6. The van der Waals surface area contributed by atoms with Gasteiger partial charge in [0.2, 0.25) is 5.91 Å². The van der Waals surface area contributed by atoms with Gasteiger partial charge in [-0.25, -0.2) is 0 Å². The van der Waals surface area contributed by atoms with Crippen LogP contribution in [0.25, 0.3) is 5.57 Å². The van der Waals surface area contributed by atoms with E-state index in [1.54, 1.807) is 18.2 Å². The number of hydrogen-bond acceptors (Lipinski definition) is 1. The Kier molecular flexibility index (Phi) is 4.89. The Morgan fingerprint density at radius 2 is 1.57 bits per heavy atom. The molecule has 1 amide bonds. The van der Waals surface area contributed by atoms with E-state index in [1.807, 2.05) is 19.9 Å². The van der Waals surface area contributed by atoms with E-state index in [1.165, 1.54) is 24.3 Å². The Balaban J connectivity index is 2.30. The second-order valence-electron chi connectivity index (χ2n) is 5.29. The zero-order valence-corrected chi connectivity index (χ0v) is 12.7. The normalized spacial score (nSPS) is 12.1. The zero-order chi connectivity index (χ0) is 17.0. The molecule has 0 radical (unpaired) electrons. The minimum Gasteiger partial charge on any atom is -0.322 e. The molecule has 2 aromatic carbocycles. The lowest BCUT2D eigenvalue weighted by Gasteiger charge is -2.12. The monoisotopic (exact) mass is 319 g/mol. The van der Waals surface area contributed by atoms with Gasteiger partial charge in [0.05, 0.1) is 5.57 Å². The molecule has 0 bridgehead atoms. The first-order valence-electron chi connectivity index (χ1n) is 6.99. The van der Waals surface area contributed by atoms with Gasteiger partial charge in [0.15, 0.2) is 0 Å². The van der Waals surface area contributed by atoms with E-state index in [-0.39, 0.29) is 5.56 Å². The Morgan fingerprint density at radius 3 is 2.09 bits per heavy atom. The molecule has 1 N–H and O–H groups in total. The van der Waals surface area contributed by atoms with Crippen LogP contribution in [0.5, 0.6) is 0 Å². The maximum Gasteiger partial charge on any atom is 0.417 e. The predicted octanol–water partition coefficient (Wildman–Crippen LogP) is 4.89. The minimum atomic E-state index is -4.61. The fraction of sp³-hybridized carbons (Fsp3) is 0.167. The van der Waals surface area contributed by atoms with E-state index in [4.69, 9.17) is 0 Å². The number of aryl methyl sites for hydroxylation is 2. The number of anilines is 1. The van der Waals surface area contributed by atoms with Crippen molar-refractivity contribution >= 4 is 17.2 Å². The molecule has 5 heteroatoms. The summed E-state index contributed by atoms with van der Waals surface area (Å²) >= 11 is 0. The molecule has 0 saturated carbocycles. The molecular weight excluding hydrogens is 303 g/mol. The molecule has 0 saturated heterocycles. The molecule has 0 aliphatic heterocycles. The summed E-state index contributed by atoms with van der Waals surface area (Å²) in [6.45, 7) is 3.70. The summed E-state index contributed by atoms with van der Waals surface area (Å²) in [5.41, 5.74) is 1.29. The molecule has 0 heterocycles. The lowest BCUT2D eigenvalue weighted by molar-refractivity contribution is -0.112. The van der Waals surface area contributed by atoms with Gasteiger partial charge in [0.25, 0.3) is 0 Å². The van der Waals surface area contributed by atoms with Gasteiger partial charge in [0.1, 0.15) is 0 Å². The maximum absolute atomic E-state index is 13.2. The van der Waals surface area contributed by atoms with E-state index in [0.29, 0.717) is 11.8 Å². The van der Waals surface area contributed by atoms with Gasteiger partial charge >= 0.3 is 6.18 Å². The van der Waals surface area contributed by atoms with Crippen LogP contribution in [0.3, 0.4) is 0 Å². The van der Waals surface area contributed by atoms with Crippen molar-refractivity contribution in [3.05, 3.63) is 71.3 Å². The smallest absolute Gasteiger partial charge is 0.322 e. The first kappa shape index (κ1) is 16.8. The zero-order valence-electron chi connectivity index (χ0n) is 12.7. The van der Waals surface area contributed by atoms with Crippen LogP contribution in [0.2, 0.25) is 0 Å². The highest BCUT2D eigenvalue weighted by Gasteiger charge is 2.35. The summed E-state index contributed by atoms with van der Waals surface area (Å²) in [5.74, 6) is -0.814. The summed E-state index contributed by atoms with van der Waals surface area (Å²) in [6.07, 6.45) is -4.02. The molecular formula is C18H16F3NO. The lowest BCUT2D eigenvalue weighted by atomic mass is 10.0. The number of alkyl halides is 3. The number of benzene rings is 2. The summed E-state index contributed by atoms with van der Waals surface area (Å²) in [4.78, 5) is 12.0. The average Bonchev–Trinajstić information content (AvgIpc) is 2.43. The van der Waals surface area contributed by atoms with E-state index < -0.39 is 17.7 Å². The number of carbonyl (C=O) groups excluding carboxylic acids is 1. The third kappa shape index (κ3) is 4.71. The van der Waals surface area contributed by atoms with Gasteiger partial charge in [-0.15, -0.1) is 0 Å².